The summed E-state index contributed by atoms with van der Waals surface area (Å²) in [7, 11) is 0. The smallest absolute Gasteiger partial charge is 0.255 e. The lowest BCUT2D eigenvalue weighted by Crippen LogP contribution is -2.12. The number of carbonyl (C=O) groups excluding carboxylic acids is 1. The Morgan fingerprint density at radius 1 is 1.32 bits per heavy atom. The van der Waals surface area contributed by atoms with Crippen molar-refractivity contribution >= 4 is 23.2 Å². The Kier molecular flexibility index (Phi) is 4.17. The summed E-state index contributed by atoms with van der Waals surface area (Å²) in [4.78, 5) is 16.2. The third-order valence-electron chi connectivity index (χ3n) is 2.78. The van der Waals surface area contributed by atoms with Gasteiger partial charge in [0.1, 0.15) is 5.15 Å². The first kappa shape index (κ1) is 13.6. The molecule has 0 fully saturated rings. The fraction of sp³-hybridized carbons (Fsp3) is 0.200. The second kappa shape index (κ2) is 5.85. The Balaban J connectivity index is 2.20. The third-order valence-corrected chi connectivity index (χ3v) is 2.97. The predicted molar refractivity (Wildman–Crippen MR) is 77.8 cm³/mol. The van der Waals surface area contributed by atoms with E-state index >= 15 is 0 Å². The molecule has 19 heavy (non-hydrogen) atoms. The van der Waals surface area contributed by atoms with Gasteiger partial charge in [-0.05, 0) is 43.2 Å². The van der Waals surface area contributed by atoms with Crippen LogP contribution in [-0.2, 0) is 6.42 Å². The van der Waals surface area contributed by atoms with Crippen molar-refractivity contribution in [2.45, 2.75) is 20.3 Å². The van der Waals surface area contributed by atoms with Gasteiger partial charge in [0.05, 0.1) is 0 Å². The van der Waals surface area contributed by atoms with Crippen molar-refractivity contribution in [1.82, 2.24) is 4.98 Å². The first-order chi connectivity index (χ1) is 9.08. The zero-order valence-electron chi connectivity index (χ0n) is 10.9. The van der Waals surface area contributed by atoms with Gasteiger partial charge in [-0.15, -0.1) is 0 Å². The average molecular weight is 275 g/mol. The maximum Gasteiger partial charge on any atom is 0.255 e. The van der Waals surface area contributed by atoms with Crippen LogP contribution in [0.1, 0.15) is 28.5 Å². The zero-order chi connectivity index (χ0) is 13.8. The topological polar surface area (TPSA) is 42.0 Å². The van der Waals surface area contributed by atoms with E-state index in [2.05, 4.69) is 17.2 Å². The van der Waals surface area contributed by atoms with Gasteiger partial charge in [0.25, 0.3) is 5.91 Å². The van der Waals surface area contributed by atoms with E-state index in [4.69, 9.17) is 11.6 Å². The number of nitrogens with one attached hydrogen (secondary N) is 1. The lowest BCUT2D eigenvalue weighted by molar-refractivity contribution is 0.102. The number of aromatic nitrogens is 1. The molecule has 0 aliphatic rings. The van der Waals surface area contributed by atoms with Gasteiger partial charge in [-0.2, -0.15) is 0 Å². The number of carbonyl (C=O) groups is 1. The maximum atomic E-state index is 12.1. The molecule has 0 saturated heterocycles. The van der Waals surface area contributed by atoms with Crippen LogP contribution in [0.15, 0.2) is 36.4 Å². The third kappa shape index (κ3) is 3.55. The van der Waals surface area contributed by atoms with Crippen molar-refractivity contribution in [3.8, 4) is 0 Å². The van der Waals surface area contributed by atoms with Gasteiger partial charge in [-0.3, -0.25) is 4.79 Å². The Labute approximate surface area is 117 Å². The van der Waals surface area contributed by atoms with Crippen LogP contribution < -0.4 is 5.32 Å². The molecule has 1 N–H and O–H groups in total. The average Bonchev–Trinajstić information content (AvgIpc) is 2.37. The van der Waals surface area contributed by atoms with Gasteiger partial charge >= 0.3 is 0 Å². The number of anilines is 1. The maximum absolute atomic E-state index is 12.1. The van der Waals surface area contributed by atoms with Crippen molar-refractivity contribution in [3.63, 3.8) is 0 Å². The molecular weight excluding hydrogens is 260 g/mol. The van der Waals surface area contributed by atoms with E-state index in [1.54, 1.807) is 19.1 Å². The first-order valence-electron chi connectivity index (χ1n) is 6.13. The molecule has 0 radical (unpaired) electrons. The van der Waals surface area contributed by atoms with Crippen LogP contribution in [0, 0.1) is 6.92 Å². The second-order valence-corrected chi connectivity index (χ2v) is 4.72. The molecule has 4 heteroatoms. The summed E-state index contributed by atoms with van der Waals surface area (Å²) in [6, 6.07) is 11.1. The van der Waals surface area contributed by atoms with Crippen LogP contribution in [0.5, 0.6) is 0 Å². The molecule has 2 rings (SSSR count). The molecule has 0 aliphatic carbocycles. The van der Waals surface area contributed by atoms with E-state index in [1.807, 2.05) is 24.3 Å². The zero-order valence-corrected chi connectivity index (χ0v) is 11.7. The number of benzene rings is 1. The number of halogens is 1. The van der Waals surface area contributed by atoms with Crippen LogP contribution >= 0.6 is 11.6 Å². The SMILES string of the molecule is CCc1cccc(NC(=O)c2cc(C)nc(Cl)c2)c1. The van der Waals surface area contributed by atoms with Crippen LogP contribution in [0.3, 0.4) is 0 Å². The number of rotatable bonds is 3. The molecule has 1 aromatic heterocycles. The Bertz CT molecular complexity index is 591. The highest BCUT2D eigenvalue weighted by Crippen LogP contribution is 2.15. The highest BCUT2D eigenvalue weighted by atomic mass is 35.5. The lowest BCUT2D eigenvalue weighted by atomic mass is 10.1. The van der Waals surface area contributed by atoms with Gasteiger partial charge in [0.2, 0.25) is 0 Å². The van der Waals surface area contributed by atoms with Gasteiger partial charge in [0, 0.05) is 16.9 Å². The monoisotopic (exact) mass is 274 g/mol. The van der Waals surface area contributed by atoms with Crippen LogP contribution in [-0.4, -0.2) is 10.9 Å². The van der Waals surface area contributed by atoms with E-state index in [-0.39, 0.29) is 5.91 Å². The molecule has 1 heterocycles. The van der Waals surface area contributed by atoms with Gasteiger partial charge in [0.15, 0.2) is 0 Å². The molecule has 0 aliphatic heterocycles. The van der Waals surface area contributed by atoms with Gasteiger partial charge < -0.3 is 5.32 Å². The highest BCUT2D eigenvalue weighted by molar-refractivity contribution is 6.29. The van der Waals surface area contributed by atoms with Crippen molar-refractivity contribution in [2.75, 3.05) is 5.32 Å². The Hall–Kier alpha value is -1.87. The summed E-state index contributed by atoms with van der Waals surface area (Å²) in [5, 5.41) is 3.19. The van der Waals surface area contributed by atoms with E-state index < -0.39 is 0 Å². The van der Waals surface area contributed by atoms with Crippen molar-refractivity contribution in [3.05, 3.63) is 58.4 Å². The minimum atomic E-state index is -0.180. The Morgan fingerprint density at radius 3 is 2.79 bits per heavy atom. The van der Waals surface area contributed by atoms with Crippen molar-refractivity contribution in [2.24, 2.45) is 0 Å². The minimum Gasteiger partial charge on any atom is -0.322 e. The normalized spacial score (nSPS) is 10.3. The van der Waals surface area contributed by atoms with Crippen LogP contribution in [0.2, 0.25) is 5.15 Å². The van der Waals surface area contributed by atoms with Crippen LogP contribution in [0.25, 0.3) is 0 Å². The fourth-order valence-corrected chi connectivity index (χ4v) is 2.08. The summed E-state index contributed by atoms with van der Waals surface area (Å²) >= 11 is 5.85. The summed E-state index contributed by atoms with van der Waals surface area (Å²) in [5.74, 6) is -0.180. The first-order valence-corrected chi connectivity index (χ1v) is 6.51. The fourth-order valence-electron chi connectivity index (χ4n) is 1.83. The lowest BCUT2D eigenvalue weighted by Gasteiger charge is -2.07. The number of amides is 1. The molecule has 1 amide bonds. The summed E-state index contributed by atoms with van der Waals surface area (Å²) in [6.45, 7) is 3.88. The molecule has 1 aromatic carbocycles. The minimum absolute atomic E-state index is 0.180. The predicted octanol–water partition coefficient (Wildman–Crippen LogP) is 3.86. The van der Waals surface area contributed by atoms with Crippen molar-refractivity contribution in [1.29, 1.82) is 0 Å². The number of nitrogens with zero attached hydrogens (tertiary/aromatic N) is 1. The Morgan fingerprint density at radius 2 is 2.11 bits per heavy atom. The second-order valence-electron chi connectivity index (χ2n) is 4.33. The summed E-state index contributed by atoms with van der Waals surface area (Å²) in [5.41, 5.74) is 3.20. The summed E-state index contributed by atoms with van der Waals surface area (Å²) in [6.07, 6.45) is 0.934. The number of hydrogen-bond donors (Lipinski definition) is 1. The largest absolute Gasteiger partial charge is 0.322 e. The van der Waals surface area contributed by atoms with Crippen molar-refractivity contribution < 1.29 is 4.79 Å². The molecule has 0 spiro atoms. The van der Waals surface area contributed by atoms with E-state index in [0.717, 1.165) is 17.8 Å². The molecule has 0 atom stereocenters. The summed E-state index contributed by atoms with van der Waals surface area (Å²) < 4.78 is 0. The van der Waals surface area contributed by atoms with E-state index in [1.165, 1.54) is 5.56 Å². The van der Waals surface area contributed by atoms with Gasteiger partial charge in [-0.1, -0.05) is 30.7 Å². The molecule has 0 saturated carbocycles. The molecule has 3 nitrogen and oxygen atoms in total. The molecule has 0 bridgehead atoms. The number of hydrogen-bond acceptors (Lipinski definition) is 2. The van der Waals surface area contributed by atoms with Gasteiger partial charge in [-0.25, -0.2) is 4.98 Å². The quantitative estimate of drug-likeness (QED) is 0.864. The molecular formula is C15H15ClN2O. The van der Waals surface area contributed by atoms with E-state index in [0.29, 0.717) is 10.7 Å². The van der Waals surface area contributed by atoms with Crippen LogP contribution in [0.4, 0.5) is 5.69 Å². The highest BCUT2D eigenvalue weighted by Gasteiger charge is 2.08. The van der Waals surface area contributed by atoms with E-state index in [9.17, 15) is 4.79 Å². The standard InChI is InChI=1S/C15H15ClN2O/c1-3-11-5-4-6-13(8-11)18-15(19)12-7-10(2)17-14(16)9-12/h4-9H,3H2,1-2H3,(H,18,19). The molecule has 0 unspecified atom stereocenters. The molecule has 2 aromatic rings. The number of aryl methyl sites for hydroxylation is 2. The molecule has 98 valence electrons. The number of pyridine rings is 1.